The summed E-state index contributed by atoms with van der Waals surface area (Å²) in [5.41, 5.74) is 2.37. The number of ether oxygens (including phenoxy) is 2. The second kappa shape index (κ2) is 7.25. The fourth-order valence-electron chi connectivity index (χ4n) is 1.54. The summed E-state index contributed by atoms with van der Waals surface area (Å²) >= 11 is 0. The van der Waals surface area contributed by atoms with E-state index in [1.807, 2.05) is 13.0 Å². The van der Waals surface area contributed by atoms with Crippen LogP contribution in [0.5, 0.6) is 5.75 Å². The molecule has 0 fully saturated rings. The summed E-state index contributed by atoms with van der Waals surface area (Å²) < 4.78 is 10.7. The lowest BCUT2D eigenvalue weighted by Gasteiger charge is -2.11. The van der Waals surface area contributed by atoms with E-state index in [1.54, 1.807) is 7.11 Å². The third-order valence-corrected chi connectivity index (χ3v) is 2.39. The predicted octanol–water partition coefficient (Wildman–Crippen LogP) is 2.34. The highest BCUT2D eigenvalue weighted by Gasteiger charge is 2.04. The Morgan fingerprint density at radius 3 is 2.69 bits per heavy atom. The van der Waals surface area contributed by atoms with Crippen molar-refractivity contribution in [3.8, 4) is 5.75 Å². The van der Waals surface area contributed by atoms with Crippen molar-refractivity contribution < 1.29 is 9.47 Å². The number of nitrogens with one attached hydrogen (secondary N) is 1. The van der Waals surface area contributed by atoms with Crippen molar-refractivity contribution in [3.63, 3.8) is 0 Å². The van der Waals surface area contributed by atoms with Crippen LogP contribution in [-0.2, 0) is 17.9 Å². The van der Waals surface area contributed by atoms with Gasteiger partial charge in [0.1, 0.15) is 5.75 Å². The highest BCUT2D eigenvalue weighted by Crippen LogP contribution is 2.20. The molecule has 0 amide bonds. The first-order chi connectivity index (χ1) is 7.81. The van der Waals surface area contributed by atoms with Gasteiger partial charge in [-0.3, -0.25) is 0 Å². The molecule has 1 N–H and O–H groups in total. The van der Waals surface area contributed by atoms with E-state index in [4.69, 9.17) is 9.47 Å². The topological polar surface area (TPSA) is 30.5 Å². The molecule has 0 aliphatic carbocycles. The standard InChI is InChI=1S/C13H21NO2/c1-4-14-9-11-6-7-13(15-3)12(8-11)10-16-5-2/h6-8,14H,4-5,9-10H2,1-3H3. The Balaban J connectivity index is 2.74. The largest absolute Gasteiger partial charge is 0.496 e. The van der Waals surface area contributed by atoms with Gasteiger partial charge in [-0.2, -0.15) is 0 Å². The van der Waals surface area contributed by atoms with E-state index in [2.05, 4.69) is 24.4 Å². The molecule has 90 valence electrons. The van der Waals surface area contributed by atoms with Crippen LogP contribution in [-0.4, -0.2) is 20.3 Å². The van der Waals surface area contributed by atoms with Crippen LogP contribution >= 0.6 is 0 Å². The van der Waals surface area contributed by atoms with Gasteiger partial charge in [-0.1, -0.05) is 13.0 Å². The van der Waals surface area contributed by atoms with Gasteiger partial charge in [-0.25, -0.2) is 0 Å². The molecule has 0 saturated carbocycles. The smallest absolute Gasteiger partial charge is 0.124 e. The highest BCUT2D eigenvalue weighted by molar-refractivity contribution is 5.36. The fourth-order valence-corrected chi connectivity index (χ4v) is 1.54. The molecule has 0 bridgehead atoms. The molecule has 0 saturated heterocycles. The molecule has 0 unspecified atom stereocenters. The van der Waals surface area contributed by atoms with Crippen LogP contribution in [0.2, 0.25) is 0 Å². The summed E-state index contributed by atoms with van der Waals surface area (Å²) in [6, 6.07) is 6.22. The first-order valence-electron chi connectivity index (χ1n) is 5.76. The van der Waals surface area contributed by atoms with E-state index in [9.17, 15) is 0 Å². The van der Waals surface area contributed by atoms with Gasteiger partial charge in [0.15, 0.2) is 0 Å². The molecule has 0 atom stereocenters. The predicted molar refractivity (Wildman–Crippen MR) is 65.7 cm³/mol. The van der Waals surface area contributed by atoms with E-state index in [-0.39, 0.29) is 0 Å². The third kappa shape index (κ3) is 3.83. The molecule has 0 spiro atoms. The molecular formula is C13H21NO2. The SMILES string of the molecule is CCNCc1ccc(OC)c(COCC)c1. The average Bonchev–Trinajstić information content (AvgIpc) is 2.33. The summed E-state index contributed by atoms with van der Waals surface area (Å²) in [6.45, 7) is 7.30. The molecule has 0 aliphatic heterocycles. The normalized spacial score (nSPS) is 10.4. The minimum atomic E-state index is 0.611. The minimum Gasteiger partial charge on any atom is -0.496 e. The lowest BCUT2D eigenvalue weighted by Crippen LogP contribution is -2.12. The van der Waals surface area contributed by atoms with Gasteiger partial charge in [0.2, 0.25) is 0 Å². The van der Waals surface area contributed by atoms with Crippen LogP contribution in [0.4, 0.5) is 0 Å². The van der Waals surface area contributed by atoms with E-state index < -0.39 is 0 Å². The van der Waals surface area contributed by atoms with Gasteiger partial charge < -0.3 is 14.8 Å². The van der Waals surface area contributed by atoms with Gasteiger partial charge in [-0.15, -0.1) is 0 Å². The molecule has 1 aromatic rings. The molecule has 1 aromatic carbocycles. The Morgan fingerprint density at radius 2 is 2.06 bits per heavy atom. The summed E-state index contributed by atoms with van der Waals surface area (Å²) in [5.74, 6) is 0.897. The molecular weight excluding hydrogens is 202 g/mol. The number of hydrogen-bond donors (Lipinski definition) is 1. The Labute approximate surface area is 97.8 Å². The van der Waals surface area contributed by atoms with Crippen molar-refractivity contribution in [2.75, 3.05) is 20.3 Å². The summed E-state index contributed by atoms with van der Waals surface area (Å²) in [7, 11) is 1.69. The van der Waals surface area contributed by atoms with Crippen molar-refractivity contribution in [3.05, 3.63) is 29.3 Å². The van der Waals surface area contributed by atoms with Crippen LogP contribution < -0.4 is 10.1 Å². The van der Waals surface area contributed by atoms with E-state index in [1.165, 1.54) is 5.56 Å². The molecule has 1 rings (SSSR count). The van der Waals surface area contributed by atoms with Crippen LogP contribution in [0.25, 0.3) is 0 Å². The maximum Gasteiger partial charge on any atom is 0.124 e. The van der Waals surface area contributed by atoms with Crippen molar-refractivity contribution in [2.45, 2.75) is 27.0 Å². The number of rotatable bonds is 7. The van der Waals surface area contributed by atoms with Gasteiger partial charge in [-0.05, 0) is 31.2 Å². The summed E-state index contributed by atoms with van der Waals surface area (Å²) in [6.07, 6.45) is 0. The van der Waals surface area contributed by atoms with Crippen molar-refractivity contribution in [2.24, 2.45) is 0 Å². The Morgan fingerprint density at radius 1 is 1.25 bits per heavy atom. The number of benzene rings is 1. The maximum atomic E-state index is 5.42. The zero-order valence-corrected chi connectivity index (χ0v) is 10.4. The quantitative estimate of drug-likeness (QED) is 0.769. The van der Waals surface area contributed by atoms with Crippen molar-refractivity contribution in [1.82, 2.24) is 5.32 Å². The monoisotopic (exact) mass is 223 g/mol. The van der Waals surface area contributed by atoms with Crippen molar-refractivity contribution >= 4 is 0 Å². The summed E-state index contributed by atoms with van der Waals surface area (Å²) in [4.78, 5) is 0. The Bertz CT molecular complexity index is 313. The first kappa shape index (κ1) is 13.0. The lowest BCUT2D eigenvalue weighted by atomic mass is 10.1. The molecule has 0 radical (unpaired) electrons. The molecule has 16 heavy (non-hydrogen) atoms. The molecule has 3 heteroatoms. The molecule has 0 heterocycles. The average molecular weight is 223 g/mol. The van der Waals surface area contributed by atoms with Crippen LogP contribution in [0, 0.1) is 0 Å². The molecule has 0 aliphatic rings. The second-order valence-corrected chi connectivity index (χ2v) is 3.56. The van der Waals surface area contributed by atoms with Crippen LogP contribution in [0.1, 0.15) is 25.0 Å². The zero-order valence-electron chi connectivity index (χ0n) is 10.4. The first-order valence-corrected chi connectivity index (χ1v) is 5.76. The highest BCUT2D eigenvalue weighted by atomic mass is 16.5. The number of hydrogen-bond acceptors (Lipinski definition) is 3. The second-order valence-electron chi connectivity index (χ2n) is 3.56. The summed E-state index contributed by atoms with van der Waals surface area (Å²) in [5, 5.41) is 3.30. The van der Waals surface area contributed by atoms with E-state index in [0.29, 0.717) is 6.61 Å². The van der Waals surface area contributed by atoms with Crippen LogP contribution in [0.15, 0.2) is 18.2 Å². The van der Waals surface area contributed by atoms with E-state index >= 15 is 0 Å². The Hall–Kier alpha value is -1.06. The Kier molecular flexibility index (Phi) is 5.90. The number of methoxy groups -OCH3 is 1. The molecule has 3 nitrogen and oxygen atoms in total. The van der Waals surface area contributed by atoms with Gasteiger partial charge in [0.25, 0.3) is 0 Å². The van der Waals surface area contributed by atoms with Crippen LogP contribution in [0.3, 0.4) is 0 Å². The third-order valence-electron chi connectivity index (χ3n) is 2.39. The molecule has 0 aromatic heterocycles. The van der Waals surface area contributed by atoms with Gasteiger partial charge in [0, 0.05) is 18.7 Å². The van der Waals surface area contributed by atoms with Gasteiger partial charge >= 0.3 is 0 Å². The van der Waals surface area contributed by atoms with Crippen molar-refractivity contribution in [1.29, 1.82) is 0 Å². The minimum absolute atomic E-state index is 0.611. The fraction of sp³-hybridized carbons (Fsp3) is 0.538. The van der Waals surface area contributed by atoms with Gasteiger partial charge in [0.05, 0.1) is 13.7 Å². The van der Waals surface area contributed by atoms with E-state index in [0.717, 1.165) is 31.0 Å². The zero-order chi connectivity index (χ0) is 11.8. The lowest BCUT2D eigenvalue weighted by molar-refractivity contribution is 0.132. The maximum absolute atomic E-state index is 5.42.